The fraction of sp³-hybridized carbons (Fsp3) is 0.100. The lowest BCUT2D eigenvalue weighted by molar-refractivity contribution is 1.06. The van der Waals surface area contributed by atoms with E-state index in [9.17, 15) is 0 Å². The van der Waals surface area contributed by atoms with E-state index < -0.39 is 8.80 Å². The zero-order valence-electron chi connectivity index (χ0n) is 12.6. The van der Waals surface area contributed by atoms with Gasteiger partial charge in [0.1, 0.15) is 8.80 Å². The Morgan fingerprint density at radius 1 is 0.682 bits per heavy atom. The van der Waals surface area contributed by atoms with E-state index in [2.05, 4.69) is 108 Å². The molecule has 0 bridgehead atoms. The van der Waals surface area contributed by atoms with Crippen molar-refractivity contribution in [1.82, 2.24) is 0 Å². The lowest BCUT2D eigenvalue weighted by Gasteiger charge is -2.24. The molecule has 0 saturated carbocycles. The second-order valence-corrected chi connectivity index (χ2v) is 9.84. The van der Waals surface area contributed by atoms with Crippen molar-refractivity contribution in [2.45, 2.75) is 12.5 Å². The molecule has 22 heavy (non-hydrogen) atoms. The van der Waals surface area contributed by atoms with Crippen LogP contribution in [-0.2, 0) is 0 Å². The van der Waals surface area contributed by atoms with Gasteiger partial charge in [-0.1, -0.05) is 106 Å². The Balaban J connectivity index is 2.04. The Hall–Kier alpha value is -1.64. The summed E-state index contributed by atoms with van der Waals surface area (Å²) in [5.74, 6) is 0. The Kier molecular flexibility index (Phi) is 4.91. The lowest BCUT2D eigenvalue weighted by atomic mass is 10.2. The third-order valence-corrected chi connectivity index (χ3v) is 8.33. The second-order valence-electron chi connectivity index (χ2n) is 5.64. The predicted octanol–water partition coefficient (Wildman–Crippen LogP) is 4.13. The maximum atomic E-state index is 3.53. The molecule has 0 aliphatic heterocycles. The van der Waals surface area contributed by atoms with Crippen LogP contribution in [0.2, 0.25) is 0 Å². The third-order valence-electron chi connectivity index (χ3n) is 4.21. The highest BCUT2D eigenvalue weighted by Crippen LogP contribution is 2.21. The molecular formula is C20H19BrSi. The third kappa shape index (κ3) is 3.40. The SMILES string of the molecule is CC(c1ccc(Br)cc1)[SiH](c1ccccc1)c1ccccc1. The molecule has 110 valence electrons. The summed E-state index contributed by atoms with van der Waals surface area (Å²) in [4.78, 5) is 0. The second kappa shape index (κ2) is 7.08. The van der Waals surface area contributed by atoms with Crippen molar-refractivity contribution in [1.29, 1.82) is 0 Å². The standard InChI is InChI=1S/C20H19BrSi/c1-16(17-12-14-18(21)15-13-17)22(19-8-4-2-5-9-19)20-10-6-3-7-11-20/h2-16,22H,1H3. The van der Waals surface area contributed by atoms with Crippen molar-refractivity contribution in [3.63, 3.8) is 0 Å². The molecule has 0 heterocycles. The van der Waals surface area contributed by atoms with Crippen LogP contribution in [0.1, 0.15) is 18.0 Å². The van der Waals surface area contributed by atoms with Crippen LogP contribution in [-0.4, -0.2) is 8.80 Å². The molecule has 2 heteroatoms. The van der Waals surface area contributed by atoms with Gasteiger partial charge in [-0.05, 0) is 23.2 Å². The summed E-state index contributed by atoms with van der Waals surface area (Å²) in [6.45, 7) is 2.38. The zero-order chi connectivity index (χ0) is 15.4. The van der Waals surface area contributed by atoms with Gasteiger partial charge in [0, 0.05) is 4.47 Å². The van der Waals surface area contributed by atoms with Gasteiger partial charge in [-0.2, -0.15) is 0 Å². The summed E-state index contributed by atoms with van der Waals surface area (Å²) in [5.41, 5.74) is 1.98. The van der Waals surface area contributed by atoms with Gasteiger partial charge in [-0.3, -0.25) is 0 Å². The Morgan fingerprint density at radius 2 is 1.14 bits per heavy atom. The summed E-state index contributed by atoms with van der Waals surface area (Å²) in [6, 6.07) is 30.8. The molecule has 1 unspecified atom stereocenters. The van der Waals surface area contributed by atoms with Crippen LogP contribution in [0, 0.1) is 0 Å². The topological polar surface area (TPSA) is 0 Å². The fourth-order valence-electron chi connectivity index (χ4n) is 3.05. The minimum atomic E-state index is -1.30. The van der Waals surface area contributed by atoms with Gasteiger partial charge in [0.25, 0.3) is 0 Å². The molecule has 0 saturated heterocycles. The molecule has 3 aromatic rings. The molecule has 0 aromatic heterocycles. The summed E-state index contributed by atoms with van der Waals surface area (Å²) < 4.78 is 1.14. The van der Waals surface area contributed by atoms with Crippen LogP contribution >= 0.6 is 15.9 Å². The molecule has 0 radical (unpaired) electrons. The van der Waals surface area contributed by atoms with E-state index in [4.69, 9.17) is 0 Å². The average Bonchev–Trinajstić information content (AvgIpc) is 2.57. The van der Waals surface area contributed by atoms with Crippen LogP contribution in [0.15, 0.2) is 89.4 Å². The van der Waals surface area contributed by atoms with E-state index in [1.807, 2.05) is 0 Å². The number of rotatable bonds is 4. The molecule has 0 nitrogen and oxygen atoms in total. The highest BCUT2D eigenvalue weighted by Gasteiger charge is 2.24. The van der Waals surface area contributed by atoms with Gasteiger partial charge in [0.15, 0.2) is 0 Å². The van der Waals surface area contributed by atoms with Crippen molar-refractivity contribution in [3.8, 4) is 0 Å². The lowest BCUT2D eigenvalue weighted by Crippen LogP contribution is -2.46. The first-order chi connectivity index (χ1) is 10.8. The summed E-state index contributed by atoms with van der Waals surface area (Å²) in [7, 11) is -1.30. The maximum Gasteiger partial charge on any atom is 0.110 e. The largest absolute Gasteiger partial charge is 0.110 e. The van der Waals surface area contributed by atoms with Gasteiger partial charge < -0.3 is 0 Å². The van der Waals surface area contributed by atoms with Gasteiger partial charge in [-0.15, -0.1) is 0 Å². The summed E-state index contributed by atoms with van der Waals surface area (Å²) >= 11 is 3.53. The first kappa shape index (κ1) is 15.3. The number of hydrogen-bond acceptors (Lipinski definition) is 0. The molecule has 3 rings (SSSR count). The van der Waals surface area contributed by atoms with E-state index in [-0.39, 0.29) is 0 Å². The van der Waals surface area contributed by atoms with Crippen molar-refractivity contribution >= 4 is 35.1 Å². The molecule has 0 aliphatic rings. The molecule has 0 spiro atoms. The van der Waals surface area contributed by atoms with Gasteiger partial charge in [0.05, 0.1) is 0 Å². The van der Waals surface area contributed by atoms with Gasteiger partial charge in [-0.25, -0.2) is 0 Å². The van der Waals surface area contributed by atoms with Crippen LogP contribution in [0.4, 0.5) is 0 Å². The highest BCUT2D eigenvalue weighted by atomic mass is 79.9. The first-order valence-electron chi connectivity index (χ1n) is 7.61. The highest BCUT2D eigenvalue weighted by molar-refractivity contribution is 9.10. The average molecular weight is 367 g/mol. The monoisotopic (exact) mass is 366 g/mol. The van der Waals surface area contributed by atoms with E-state index in [1.165, 1.54) is 15.9 Å². The van der Waals surface area contributed by atoms with Crippen molar-refractivity contribution in [2.75, 3.05) is 0 Å². The number of hydrogen-bond donors (Lipinski definition) is 0. The van der Waals surface area contributed by atoms with Crippen molar-refractivity contribution < 1.29 is 0 Å². The zero-order valence-corrected chi connectivity index (χ0v) is 15.4. The van der Waals surface area contributed by atoms with E-state index in [0.717, 1.165) is 4.47 Å². The van der Waals surface area contributed by atoms with Gasteiger partial charge in [0.2, 0.25) is 0 Å². The molecular weight excluding hydrogens is 348 g/mol. The molecule has 0 amide bonds. The summed E-state index contributed by atoms with van der Waals surface area (Å²) in [6.07, 6.45) is 0. The Morgan fingerprint density at radius 3 is 1.59 bits per heavy atom. The van der Waals surface area contributed by atoms with Crippen molar-refractivity contribution in [3.05, 3.63) is 95.0 Å². The Bertz CT molecular complexity index is 668. The van der Waals surface area contributed by atoms with Crippen LogP contribution in [0.3, 0.4) is 0 Å². The minimum Gasteiger partial charge on any atom is -0.0629 e. The van der Waals surface area contributed by atoms with Crippen LogP contribution < -0.4 is 10.4 Å². The van der Waals surface area contributed by atoms with E-state index >= 15 is 0 Å². The normalized spacial score (nSPS) is 12.3. The Labute approximate surface area is 142 Å². The van der Waals surface area contributed by atoms with Crippen LogP contribution in [0.25, 0.3) is 0 Å². The first-order valence-corrected chi connectivity index (χ1v) is 10.2. The smallest absolute Gasteiger partial charge is 0.0629 e. The molecule has 0 N–H and O–H groups in total. The van der Waals surface area contributed by atoms with Gasteiger partial charge >= 0.3 is 0 Å². The molecule has 0 aliphatic carbocycles. The predicted molar refractivity (Wildman–Crippen MR) is 102 cm³/mol. The fourth-order valence-corrected chi connectivity index (χ4v) is 6.73. The van der Waals surface area contributed by atoms with Crippen LogP contribution in [0.5, 0.6) is 0 Å². The van der Waals surface area contributed by atoms with E-state index in [0.29, 0.717) is 5.54 Å². The molecule has 0 fully saturated rings. The quantitative estimate of drug-likeness (QED) is 0.608. The maximum absolute atomic E-state index is 3.53. The number of benzene rings is 3. The van der Waals surface area contributed by atoms with Crippen molar-refractivity contribution in [2.24, 2.45) is 0 Å². The number of halogens is 1. The summed E-state index contributed by atoms with van der Waals surface area (Å²) in [5, 5.41) is 3.01. The minimum absolute atomic E-state index is 0.554. The molecule has 1 atom stereocenters. The molecule has 3 aromatic carbocycles. The van der Waals surface area contributed by atoms with E-state index in [1.54, 1.807) is 0 Å².